The Morgan fingerprint density at radius 3 is 1.45 bits per heavy atom. The highest BCUT2D eigenvalue weighted by atomic mass is 16.5. The summed E-state index contributed by atoms with van der Waals surface area (Å²) in [5.41, 5.74) is 0. The summed E-state index contributed by atoms with van der Waals surface area (Å²) in [5, 5.41) is 22.8. The minimum Gasteiger partial charge on any atom is -0.466 e. The van der Waals surface area contributed by atoms with Gasteiger partial charge in [-0.1, -0.05) is 177 Å². The maximum atomic E-state index is 12.3. The topological polar surface area (TPSA) is 95.9 Å². The number of hydrogen-bond donors (Lipinski definition) is 3. The monoisotopic (exact) mass is 770 g/mol. The molecule has 2 atom stereocenters. The first-order valence-corrected chi connectivity index (χ1v) is 23.1. The fraction of sp³-hybridized carbons (Fsp3) is 0.755. The van der Waals surface area contributed by atoms with Crippen molar-refractivity contribution < 1.29 is 24.5 Å². The first-order chi connectivity index (χ1) is 27.0. The van der Waals surface area contributed by atoms with E-state index in [9.17, 15) is 19.8 Å². The molecule has 0 aliphatic rings. The predicted molar refractivity (Wildman–Crippen MR) is 236 cm³/mol. The number of aliphatic hydroxyl groups excluding tert-OH is 2. The molecule has 0 aliphatic carbocycles. The summed E-state index contributed by atoms with van der Waals surface area (Å²) in [6.45, 7) is 4.75. The van der Waals surface area contributed by atoms with Gasteiger partial charge in [0.1, 0.15) is 0 Å². The molecular formula is C49H87NO5. The van der Waals surface area contributed by atoms with Crippen molar-refractivity contribution in [2.24, 2.45) is 0 Å². The van der Waals surface area contributed by atoms with E-state index in [1.54, 1.807) is 6.08 Å². The lowest BCUT2D eigenvalue weighted by Gasteiger charge is -2.19. The van der Waals surface area contributed by atoms with Crippen LogP contribution in [0, 0.1) is 0 Å². The number of unbranched alkanes of at least 4 members (excludes halogenated alkanes) is 22. The Hall–Kier alpha value is -2.44. The number of ether oxygens (including phenoxy) is 1. The van der Waals surface area contributed by atoms with E-state index in [2.05, 4.69) is 61.7 Å². The van der Waals surface area contributed by atoms with Gasteiger partial charge in [-0.2, -0.15) is 0 Å². The van der Waals surface area contributed by atoms with Gasteiger partial charge < -0.3 is 20.3 Å². The first kappa shape index (κ1) is 52.6. The van der Waals surface area contributed by atoms with Gasteiger partial charge in [-0.25, -0.2) is 0 Å². The molecule has 0 fully saturated rings. The van der Waals surface area contributed by atoms with Crippen LogP contribution < -0.4 is 5.32 Å². The molecule has 0 heterocycles. The quantitative estimate of drug-likeness (QED) is 0.0327. The van der Waals surface area contributed by atoms with Crippen molar-refractivity contribution in [1.29, 1.82) is 0 Å². The summed E-state index contributed by atoms with van der Waals surface area (Å²) in [5.74, 6) is -0.189. The van der Waals surface area contributed by atoms with Crippen LogP contribution in [0.5, 0.6) is 0 Å². The lowest BCUT2D eigenvalue weighted by Crippen LogP contribution is -2.45. The third-order valence-electron chi connectivity index (χ3n) is 10.0. The second-order valence-electron chi connectivity index (χ2n) is 15.4. The lowest BCUT2D eigenvalue weighted by molar-refractivity contribution is -0.143. The van der Waals surface area contributed by atoms with E-state index in [4.69, 9.17) is 4.74 Å². The molecule has 0 radical (unpaired) electrons. The minimum absolute atomic E-state index is 0.0344. The Morgan fingerprint density at radius 2 is 0.927 bits per heavy atom. The van der Waals surface area contributed by atoms with Crippen LogP contribution in [0.2, 0.25) is 0 Å². The molecule has 0 saturated carbocycles. The van der Waals surface area contributed by atoms with Gasteiger partial charge in [0.15, 0.2) is 0 Å². The second kappa shape index (κ2) is 44.3. The molecule has 1 amide bonds. The zero-order chi connectivity index (χ0) is 40.1. The smallest absolute Gasteiger partial charge is 0.305 e. The number of hydrogen-bond acceptors (Lipinski definition) is 5. The van der Waals surface area contributed by atoms with Gasteiger partial charge in [-0.15, -0.1) is 0 Å². The van der Waals surface area contributed by atoms with Gasteiger partial charge in [0.2, 0.25) is 5.91 Å². The Labute approximate surface area is 339 Å². The van der Waals surface area contributed by atoms with Crippen LogP contribution in [0.15, 0.2) is 60.8 Å². The highest BCUT2D eigenvalue weighted by Gasteiger charge is 2.17. The molecule has 3 N–H and O–H groups in total. The van der Waals surface area contributed by atoms with Crippen LogP contribution in [0.1, 0.15) is 213 Å². The minimum atomic E-state index is -0.879. The molecule has 6 heteroatoms. The summed E-state index contributed by atoms with van der Waals surface area (Å²) in [6.07, 6.45) is 55.1. The molecule has 2 unspecified atom stereocenters. The maximum absolute atomic E-state index is 12.3. The van der Waals surface area contributed by atoms with E-state index in [1.165, 1.54) is 116 Å². The number of carbonyl (C=O) groups excluding carboxylic acids is 2. The SMILES string of the molecule is CCCCC/C=C\C/C=C\CCCCCCCC(=O)OCCCCCCCC/C=C\C/C=C\CCC(=O)NC(CO)C(O)/C=C/CCCCCCCCCC. The molecular weight excluding hydrogens is 683 g/mol. The van der Waals surface area contributed by atoms with Crippen LogP contribution in [-0.4, -0.2) is 47.4 Å². The molecule has 318 valence electrons. The summed E-state index contributed by atoms with van der Waals surface area (Å²) < 4.78 is 5.43. The van der Waals surface area contributed by atoms with Crippen molar-refractivity contribution in [2.75, 3.05) is 13.2 Å². The van der Waals surface area contributed by atoms with E-state index in [0.717, 1.165) is 64.2 Å². The van der Waals surface area contributed by atoms with Crippen molar-refractivity contribution >= 4 is 11.9 Å². The molecule has 0 aromatic rings. The number of nitrogens with one attached hydrogen (secondary N) is 1. The predicted octanol–water partition coefficient (Wildman–Crippen LogP) is 13.3. The van der Waals surface area contributed by atoms with Crippen molar-refractivity contribution in [3.63, 3.8) is 0 Å². The molecule has 0 aromatic carbocycles. The number of amides is 1. The molecule has 0 spiro atoms. The lowest BCUT2D eigenvalue weighted by atomic mass is 10.1. The van der Waals surface area contributed by atoms with Crippen molar-refractivity contribution in [3.8, 4) is 0 Å². The molecule has 0 saturated heterocycles. The van der Waals surface area contributed by atoms with Crippen LogP contribution >= 0.6 is 0 Å². The number of allylic oxidation sites excluding steroid dienone is 9. The van der Waals surface area contributed by atoms with E-state index in [-0.39, 0.29) is 18.5 Å². The highest BCUT2D eigenvalue weighted by molar-refractivity contribution is 5.76. The standard InChI is InChI=1S/C49H87NO5/c1-3-5-7-9-11-13-15-16-17-20-23-27-31-35-39-43-49(54)55-44-40-36-32-28-24-21-18-19-22-26-30-34-38-42-48(53)50-46(45-51)47(52)41-37-33-29-25-14-12-10-8-6-4-2/h11,13,16-17,19,22,30,34,37,41,46-47,51-52H,3-10,12,14-15,18,20-21,23-29,31-33,35-36,38-40,42-45H2,1-2H3,(H,50,53)/b13-11-,17-16-,22-19-,34-30-,41-37+. The molecule has 0 bridgehead atoms. The summed E-state index contributed by atoms with van der Waals surface area (Å²) in [6, 6.07) is -0.671. The summed E-state index contributed by atoms with van der Waals surface area (Å²) >= 11 is 0. The largest absolute Gasteiger partial charge is 0.466 e. The highest BCUT2D eigenvalue weighted by Crippen LogP contribution is 2.12. The van der Waals surface area contributed by atoms with Gasteiger partial charge in [0, 0.05) is 12.8 Å². The normalized spacial score (nSPS) is 13.3. The molecule has 6 nitrogen and oxygen atoms in total. The van der Waals surface area contributed by atoms with E-state index in [1.807, 2.05) is 12.2 Å². The number of carbonyl (C=O) groups is 2. The van der Waals surface area contributed by atoms with Crippen LogP contribution in [0.4, 0.5) is 0 Å². The van der Waals surface area contributed by atoms with Crippen molar-refractivity contribution in [1.82, 2.24) is 5.32 Å². The summed E-state index contributed by atoms with van der Waals surface area (Å²) in [4.78, 5) is 24.3. The first-order valence-electron chi connectivity index (χ1n) is 23.1. The zero-order valence-electron chi connectivity index (χ0n) is 35.9. The molecule has 55 heavy (non-hydrogen) atoms. The Morgan fingerprint density at radius 1 is 0.509 bits per heavy atom. The van der Waals surface area contributed by atoms with Gasteiger partial charge in [0.25, 0.3) is 0 Å². The van der Waals surface area contributed by atoms with Crippen LogP contribution in [-0.2, 0) is 14.3 Å². The zero-order valence-corrected chi connectivity index (χ0v) is 35.9. The maximum Gasteiger partial charge on any atom is 0.305 e. The number of aliphatic hydroxyl groups is 2. The number of esters is 1. The van der Waals surface area contributed by atoms with Crippen molar-refractivity contribution in [2.45, 2.75) is 225 Å². The fourth-order valence-corrected chi connectivity index (χ4v) is 6.42. The Kier molecular flexibility index (Phi) is 42.3. The molecule has 0 aliphatic heterocycles. The molecule has 0 aromatic heterocycles. The third kappa shape index (κ3) is 41.0. The van der Waals surface area contributed by atoms with E-state index < -0.39 is 12.1 Å². The second-order valence-corrected chi connectivity index (χ2v) is 15.4. The van der Waals surface area contributed by atoms with Gasteiger partial charge >= 0.3 is 5.97 Å². The Bertz CT molecular complexity index is 984. The van der Waals surface area contributed by atoms with Gasteiger partial charge in [0.05, 0.1) is 25.4 Å². The van der Waals surface area contributed by atoms with Gasteiger partial charge in [-0.05, 0) is 83.5 Å². The van der Waals surface area contributed by atoms with Crippen LogP contribution in [0.25, 0.3) is 0 Å². The van der Waals surface area contributed by atoms with E-state index in [0.29, 0.717) is 25.9 Å². The average Bonchev–Trinajstić information content (AvgIpc) is 3.18. The van der Waals surface area contributed by atoms with E-state index >= 15 is 0 Å². The van der Waals surface area contributed by atoms with Crippen molar-refractivity contribution in [3.05, 3.63) is 60.8 Å². The number of rotatable bonds is 41. The van der Waals surface area contributed by atoms with Crippen LogP contribution in [0.3, 0.4) is 0 Å². The third-order valence-corrected chi connectivity index (χ3v) is 10.0. The molecule has 0 rings (SSSR count). The average molecular weight is 770 g/mol. The summed E-state index contributed by atoms with van der Waals surface area (Å²) in [7, 11) is 0. The Balaban J connectivity index is 3.60. The van der Waals surface area contributed by atoms with Gasteiger partial charge in [-0.3, -0.25) is 9.59 Å². The fourth-order valence-electron chi connectivity index (χ4n) is 6.42.